The van der Waals surface area contributed by atoms with Gasteiger partial charge in [-0.25, -0.2) is 0 Å². The summed E-state index contributed by atoms with van der Waals surface area (Å²) < 4.78 is 45.0. The van der Waals surface area contributed by atoms with Crippen LogP contribution in [-0.4, -0.2) is 16.8 Å². The van der Waals surface area contributed by atoms with E-state index in [9.17, 15) is 12.9 Å². The average Bonchev–Trinajstić information content (AvgIpc) is 2.71. The van der Waals surface area contributed by atoms with Crippen molar-refractivity contribution >= 4 is 12.4 Å². The van der Waals surface area contributed by atoms with Crippen LogP contribution in [0.15, 0.2) is 30.6 Å². The summed E-state index contributed by atoms with van der Waals surface area (Å²) in [6, 6.07) is 3.81. The minimum atomic E-state index is -4.97. The zero-order chi connectivity index (χ0) is 14.0. The zero-order valence-corrected chi connectivity index (χ0v) is 14.7. The SMILES string of the molecule is Cc1cc(OCc2cnn(C)c2)ccc1[B-](F)(F)F.[K+]. The van der Waals surface area contributed by atoms with Gasteiger partial charge in [-0.3, -0.25) is 4.68 Å². The van der Waals surface area contributed by atoms with Gasteiger partial charge in [-0.15, -0.1) is 5.46 Å². The maximum absolute atomic E-state index is 12.6. The summed E-state index contributed by atoms with van der Waals surface area (Å²) in [7, 11) is 1.79. The molecule has 0 aliphatic carbocycles. The van der Waals surface area contributed by atoms with Crippen molar-refractivity contribution in [2.45, 2.75) is 13.5 Å². The molecule has 0 N–H and O–H groups in total. The number of hydrogen-bond donors (Lipinski definition) is 0. The van der Waals surface area contributed by atoms with E-state index in [4.69, 9.17) is 4.74 Å². The minimum absolute atomic E-state index is 0. The molecule has 3 nitrogen and oxygen atoms in total. The van der Waals surface area contributed by atoms with Gasteiger partial charge in [0.15, 0.2) is 0 Å². The molecule has 102 valence electrons. The van der Waals surface area contributed by atoms with Crippen LogP contribution >= 0.6 is 0 Å². The van der Waals surface area contributed by atoms with Crippen molar-refractivity contribution < 1.29 is 69.1 Å². The van der Waals surface area contributed by atoms with Crippen molar-refractivity contribution in [1.29, 1.82) is 0 Å². The van der Waals surface area contributed by atoms with Crippen molar-refractivity contribution in [3.05, 3.63) is 41.7 Å². The minimum Gasteiger partial charge on any atom is -0.489 e. The summed E-state index contributed by atoms with van der Waals surface area (Å²) >= 11 is 0. The molecule has 0 bridgehead atoms. The van der Waals surface area contributed by atoms with E-state index in [-0.39, 0.29) is 63.6 Å². The van der Waals surface area contributed by atoms with E-state index in [1.165, 1.54) is 19.1 Å². The Morgan fingerprint density at radius 2 is 2.00 bits per heavy atom. The van der Waals surface area contributed by atoms with Gasteiger partial charge in [0, 0.05) is 18.8 Å². The number of ether oxygens (including phenoxy) is 1. The molecule has 0 saturated carbocycles. The van der Waals surface area contributed by atoms with E-state index < -0.39 is 12.4 Å². The van der Waals surface area contributed by atoms with Crippen LogP contribution in [0.2, 0.25) is 0 Å². The molecule has 0 radical (unpaired) electrons. The molecule has 0 amide bonds. The molecule has 8 heteroatoms. The van der Waals surface area contributed by atoms with Gasteiger partial charge in [-0.2, -0.15) is 5.10 Å². The third kappa shape index (κ3) is 4.63. The Kier molecular flexibility index (Phi) is 6.33. The molecular formula is C12H13BF3KN2O. The van der Waals surface area contributed by atoms with Crippen LogP contribution in [0.3, 0.4) is 0 Å². The topological polar surface area (TPSA) is 27.1 Å². The van der Waals surface area contributed by atoms with Crippen molar-refractivity contribution in [2.75, 3.05) is 0 Å². The molecule has 0 saturated heterocycles. The van der Waals surface area contributed by atoms with Crippen LogP contribution < -0.4 is 61.6 Å². The molecule has 0 aliphatic heterocycles. The number of hydrogen-bond acceptors (Lipinski definition) is 2. The summed E-state index contributed by atoms with van der Waals surface area (Å²) in [4.78, 5) is 0. The summed E-state index contributed by atoms with van der Waals surface area (Å²) in [5, 5.41) is 3.98. The number of aryl methyl sites for hydroxylation is 2. The Hall–Kier alpha value is -0.279. The van der Waals surface area contributed by atoms with E-state index in [0.29, 0.717) is 5.75 Å². The molecule has 1 heterocycles. The molecule has 1 aromatic carbocycles. The standard InChI is InChI=1S/C12H13BF3N2O.K/c1-9-5-11(3-4-12(9)13(14,15)16)19-8-10-6-17-18(2)7-10;/h3-7H,8H2,1-2H3;/q-1;+1. The predicted molar refractivity (Wildman–Crippen MR) is 67.4 cm³/mol. The molecule has 2 rings (SSSR count). The van der Waals surface area contributed by atoms with Gasteiger partial charge in [0.1, 0.15) is 12.4 Å². The fraction of sp³-hybridized carbons (Fsp3) is 0.250. The van der Waals surface area contributed by atoms with E-state index >= 15 is 0 Å². The molecule has 2 aromatic rings. The third-order valence-corrected chi connectivity index (χ3v) is 2.76. The van der Waals surface area contributed by atoms with Crippen LogP contribution in [0.5, 0.6) is 5.75 Å². The van der Waals surface area contributed by atoms with Crippen LogP contribution in [0, 0.1) is 6.92 Å². The monoisotopic (exact) mass is 308 g/mol. The Morgan fingerprint density at radius 3 is 2.50 bits per heavy atom. The quantitative estimate of drug-likeness (QED) is 0.703. The normalized spacial score (nSPS) is 11.1. The van der Waals surface area contributed by atoms with Gasteiger partial charge in [-0.1, -0.05) is 11.6 Å². The average molecular weight is 308 g/mol. The van der Waals surface area contributed by atoms with Crippen molar-refractivity contribution in [2.24, 2.45) is 7.05 Å². The largest absolute Gasteiger partial charge is 1.00 e. The second kappa shape index (κ2) is 7.13. The number of aromatic nitrogens is 2. The van der Waals surface area contributed by atoms with Gasteiger partial charge >= 0.3 is 58.4 Å². The summed E-state index contributed by atoms with van der Waals surface area (Å²) in [6.45, 7) is -3.26. The summed E-state index contributed by atoms with van der Waals surface area (Å²) in [5.74, 6) is 0.421. The first-order valence-corrected chi connectivity index (χ1v) is 5.77. The zero-order valence-electron chi connectivity index (χ0n) is 11.6. The smallest absolute Gasteiger partial charge is 0.489 e. The van der Waals surface area contributed by atoms with Crippen molar-refractivity contribution in [1.82, 2.24) is 9.78 Å². The first-order chi connectivity index (χ1) is 8.86. The second-order valence-electron chi connectivity index (χ2n) is 4.40. The van der Waals surface area contributed by atoms with E-state index in [0.717, 1.165) is 11.6 Å². The van der Waals surface area contributed by atoms with Gasteiger partial charge in [0.05, 0.1) is 6.20 Å². The molecule has 20 heavy (non-hydrogen) atoms. The predicted octanol–water partition coefficient (Wildman–Crippen LogP) is -0.634. The van der Waals surface area contributed by atoms with Crippen LogP contribution in [0.25, 0.3) is 0 Å². The Balaban J connectivity index is 0.00000200. The molecule has 0 fully saturated rings. The van der Waals surface area contributed by atoms with Gasteiger partial charge in [-0.05, 0) is 19.1 Å². The molecule has 0 aliphatic rings. The van der Waals surface area contributed by atoms with Crippen LogP contribution in [0.4, 0.5) is 12.9 Å². The Bertz CT molecular complexity index is 586. The second-order valence-corrected chi connectivity index (χ2v) is 4.40. The Morgan fingerprint density at radius 1 is 1.30 bits per heavy atom. The first kappa shape index (κ1) is 17.8. The number of nitrogens with zero attached hydrogens (tertiary/aromatic N) is 2. The van der Waals surface area contributed by atoms with E-state index in [1.54, 1.807) is 24.1 Å². The van der Waals surface area contributed by atoms with E-state index in [1.807, 2.05) is 0 Å². The summed E-state index contributed by atoms with van der Waals surface area (Å²) in [6.07, 6.45) is 3.44. The first-order valence-electron chi connectivity index (χ1n) is 5.77. The molecule has 1 aromatic heterocycles. The van der Waals surface area contributed by atoms with E-state index in [2.05, 4.69) is 5.10 Å². The molecular weight excluding hydrogens is 295 g/mol. The molecule has 0 spiro atoms. The summed E-state index contributed by atoms with van der Waals surface area (Å²) in [5.41, 5.74) is 0.467. The number of rotatable bonds is 4. The maximum atomic E-state index is 12.6. The van der Waals surface area contributed by atoms with Crippen LogP contribution in [0.1, 0.15) is 11.1 Å². The Labute approximate surface area is 158 Å². The number of halogens is 3. The molecule has 0 unspecified atom stereocenters. The third-order valence-electron chi connectivity index (χ3n) is 2.76. The van der Waals surface area contributed by atoms with Crippen LogP contribution in [-0.2, 0) is 13.7 Å². The van der Waals surface area contributed by atoms with Crippen molar-refractivity contribution in [3.8, 4) is 5.75 Å². The fourth-order valence-electron chi connectivity index (χ4n) is 1.82. The van der Waals surface area contributed by atoms with Gasteiger partial charge in [0.2, 0.25) is 0 Å². The maximum Gasteiger partial charge on any atom is 1.00 e. The van der Waals surface area contributed by atoms with Gasteiger partial charge in [0.25, 0.3) is 0 Å². The fourth-order valence-corrected chi connectivity index (χ4v) is 1.82. The number of benzene rings is 1. The van der Waals surface area contributed by atoms with Crippen molar-refractivity contribution in [3.63, 3.8) is 0 Å². The molecule has 0 atom stereocenters. The van der Waals surface area contributed by atoms with Gasteiger partial charge < -0.3 is 17.7 Å².